The number of benzene rings is 1. The fourth-order valence-electron chi connectivity index (χ4n) is 1.12. The third kappa shape index (κ3) is 1.06. The van der Waals surface area contributed by atoms with Crippen molar-refractivity contribution in [3.63, 3.8) is 0 Å². The molecule has 62 valence electrons. The molecule has 0 aliphatic rings. The number of fused-ring (bicyclic) bond motifs is 1. The zero-order valence-electron chi connectivity index (χ0n) is 6.47. The number of nitrogen functional groups attached to an aromatic ring is 1. The molecule has 2 rings (SSSR count). The molecule has 1 aromatic heterocycles. The van der Waals surface area contributed by atoms with Crippen LogP contribution in [-0.2, 0) is 0 Å². The van der Waals surface area contributed by atoms with Gasteiger partial charge >= 0.3 is 0 Å². The highest BCUT2D eigenvalue weighted by molar-refractivity contribution is 7.22. The van der Waals surface area contributed by atoms with Gasteiger partial charge in [0, 0.05) is 0 Å². The molecule has 2 nitrogen and oxygen atoms in total. The van der Waals surface area contributed by atoms with E-state index < -0.39 is 0 Å². The molecule has 0 amide bonds. The average molecular weight is 199 g/mol. The Morgan fingerprint density at radius 2 is 2.25 bits per heavy atom. The second-order valence-corrected chi connectivity index (χ2v) is 4.03. The van der Waals surface area contributed by atoms with Crippen LogP contribution in [0.1, 0.15) is 5.56 Å². The zero-order valence-corrected chi connectivity index (χ0v) is 8.04. The van der Waals surface area contributed by atoms with Crippen molar-refractivity contribution in [1.29, 1.82) is 0 Å². The minimum atomic E-state index is 0.571. The summed E-state index contributed by atoms with van der Waals surface area (Å²) in [5, 5.41) is 1.24. The molecule has 2 N–H and O–H groups in total. The van der Waals surface area contributed by atoms with Crippen LogP contribution in [0.25, 0.3) is 10.2 Å². The summed E-state index contributed by atoms with van der Waals surface area (Å²) in [5.41, 5.74) is 7.57. The largest absolute Gasteiger partial charge is 0.375 e. The van der Waals surface area contributed by atoms with Gasteiger partial charge in [-0.1, -0.05) is 29.0 Å². The van der Waals surface area contributed by atoms with Gasteiger partial charge in [0.15, 0.2) is 5.13 Å². The highest BCUT2D eigenvalue weighted by atomic mass is 35.5. The van der Waals surface area contributed by atoms with E-state index in [9.17, 15) is 0 Å². The molecule has 0 radical (unpaired) electrons. The number of anilines is 1. The molecule has 1 heterocycles. The molecule has 0 bridgehead atoms. The molecule has 2 aromatic rings. The summed E-state index contributed by atoms with van der Waals surface area (Å²) >= 11 is 7.41. The molecule has 0 atom stereocenters. The third-order valence-electron chi connectivity index (χ3n) is 1.71. The maximum Gasteiger partial charge on any atom is 0.181 e. The van der Waals surface area contributed by atoms with Crippen LogP contribution in [0.4, 0.5) is 5.13 Å². The van der Waals surface area contributed by atoms with E-state index in [1.165, 1.54) is 16.9 Å². The molecule has 0 aliphatic heterocycles. The van der Waals surface area contributed by atoms with E-state index in [1.807, 2.05) is 19.1 Å². The first-order valence-electron chi connectivity index (χ1n) is 3.49. The number of aryl methyl sites for hydroxylation is 1. The summed E-state index contributed by atoms with van der Waals surface area (Å²) in [4.78, 5) is 4.14. The maximum atomic E-state index is 5.93. The second kappa shape index (κ2) is 2.61. The molecule has 1 aromatic carbocycles. The Bertz CT molecular complexity index is 397. The Kier molecular flexibility index (Phi) is 1.70. The standard InChI is InChI=1S/C8H7ClN2S/c1-4-2-3-5(9)6-7(4)12-8(10)11-6/h2-3H,1H3,(H2,10,11). The Morgan fingerprint density at radius 1 is 1.50 bits per heavy atom. The summed E-state index contributed by atoms with van der Waals surface area (Å²) in [6.07, 6.45) is 0. The van der Waals surface area contributed by atoms with Crippen molar-refractivity contribution < 1.29 is 0 Å². The average Bonchev–Trinajstić information content (AvgIpc) is 2.41. The first-order valence-corrected chi connectivity index (χ1v) is 4.69. The Labute approximate surface area is 79.0 Å². The van der Waals surface area contributed by atoms with Crippen molar-refractivity contribution in [2.75, 3.05) is 5.73 Å². The third-order valence-corrected chi connectivity index (χ3v) is 3.03. The predicted molar refractivity (Wildman–Crippen MR) is 53.8 cm³/mol. The van der Waals surface area contributed by atoms with Gasteiger partial charge in [0.2, 0.25) is 0 Å². The summed E-state index contributed by atoms with van der Waals surface area (Å²) in [7, 11) is 0. The van der Waals surface area contributed by atoms with Crippen molar-refractivity contribution in [1.82, 2.24) is 4.98 Å². The van der Waals surface area contributed by atoms with Gasteiger partial charge in [0.25, 0.3) is 0 Å². The lowest BCUT2D eigenvalue weighted by Gasteiger charge is -1.94. The van der Waals surface area contributed by atoms with Crippen LogP contribution in [0, 0.1) is 6.92 Å². The van der Waals surface area contributed by atoms with Crippen molar-refractivity contribution >= 4 is 38.3 Å². The predicted octanol–water partition coefficient (Wildman–Crippen LogP) is 2.84. The van der Waals surface area contributed by atoms with Gasteiger partial charge in [-0.2, -0.15) is 0 Å². The highest BCUT2D eigenvalue weighted by Crippen LogP contribution is 2.31. The van der Waals surface area contributed by atoms with Gasteiger partial charge in [-0.25, -0.2) is 4.98 Å². The van der Waals surface area contributed by atoms with E-state index in [4.69, 9.17) is 17.3 Å². The van der Waals surface area contributed by atoms with Crippen LogP contribution in [0.15, 0.2) is 12.1 Å². The van der Waals surface area contributed by atoms with Crippen LogP contribution in [0.3, 0.4) is 0 Å². The minimum Gasteiger partial charge on any atom is -0.375 e. The first-order chi connectivity index (χ1) is 5.68. The van der Waals surface area contributed by atoms with Crippen molar-refractivity contribution in [2.24, 2.45) is 0 Å². The molecule has 12 heavy (non-hydrogen) atoms. The van der Waals surface area contributed by atoms with Gasteiger partial charge in [-0.05, 0) is 18.6 Å². The van der Waals surface area contributed by atoms with Crippen LogP contribution < -0.4 is 5.73 Å². The molecular weight excluding hydrogens is 192 g/mol. The number of halogens is 1. The number of thiazole rings is 1. The van der Waals surface area contributed by atoms with Crippen LogP contribution in [-0.4, -0.2) is 4.98 Å². The Hall–Kier alpha value is -0.800. The molecule has 0 saturated carbocycles. The molecule has 0 spiro atoms. The molecule has 4 heteroatoms. The quantitative estimate of drug-likeness (QED) is 0.707. The van der Waals surface area contributed by atoms with E-state index in [0.717, 1.165) is 10.2 Å². The van der Waals surface area contributed by atoms with E-state index in [-0.39, 0.29) is 0 Å². The molecule has 0 saturated heterocycles. The zero-order chi connectivity index (χ0) is 8.72. The normalized spacial score (nSPS) is 10.8. The fourth-order valence-corrected chi connectivity index (χ4v) is 2.20. The summed E-state index contributed by atoms with van der Waals surface area (Å²) in [6, 6.07) is 3.82. The van der Waals surface area contributed by atoms with Gasteiger partial charge < -0.3 is 5.73 Å². The molecule has 0 fully saturated rings. The Morgan fingerprint density at radius 3 is 2.92 bits per heavy atom. The molecule has 0 aliphatic carbocycles. The first kappa shape index (κ1) is 7.83. The van der Waals surface area contributed by atoms with Crippen molar-refractivity contribution in [3.05, 3.63) is 22.7 Å². The number of rotatable bonds is 0. The number of hydrogen-bond acceptors (Lipinski definition) is 3. The second-order valence-electron chi connectivity index (χ2n) is 2.59. The maximum absolute atomic E-state index is 5.93. The van der Waals surface area contributed by atoms with Crippen molar-refractivity contribution in [2.45, 2.75) is 6.92 Å². The van der Waals surface area contributed by atoms with Gasteiger partial charge in [-0.3, -0.25) is 0 Å². The van der Waals surface area contributed by atoms with E-state index in [0.29, 0.717) is 10.2 Å². The summed E-state index contributed by atoms with van der Waals surface area (Å²) in [6.45, 7) is 2.02. The minimum absolute atomic E-state index is 0.571. The van der Waals surface area contributed by atoms with Crippen LogP contribution in [0.5, 0.6) is 0 Å². The lowest BCUT2D eigenvalue weighted by molar-refractivity contribution is 1.47. The lowest BCUT2D eigenvalue weighted by Crippen LogP contribution is -1.79. The number of nitrogens with zero attached hydrogens (tertiary/aromatic N) is 1. The SMILES string of the molecule is Cc1ccc(Cl)c2nc(N)sc12. The number of nitrogens with two attached hydrogens (primary N) is 1. The summed E-state index contributed by atoms with van der Waals surface area (Å²) in [5.74, 6) is 0. The van der Waals surface area contributed by atoms with E-state index in [2.05, 4.69) is 4.98 Å². The van der Waals surface area contributed by atoms with Crippen LogP contribution in [0.2, 0.25) is 5.02 Å². The topological polar surface area (TPSA) is 38.9 Å². The van der Waals surface area contributed by atoms with Crippen LogP contribution >= 0.6 is 22.9 Å². The van der Waals surface area contributed by atoms with Gasteiger partial charge in [0.1, 0.15) is 5.52 Å². The van der Waals surface area contributed by atoms with E-state index in [1.54, 1.807) is 0 Å². The van der Waals surface area contributed by atoms with Gasteiger partial charge in [-0.15, -0.1) is 0 Å². The summed E-state index contributed by atoms with van der Waals surface area (Å²) < 4.78 is 1.08. The molecular formula is C8H7ClN2S. The van der Waals surface area contributed by atoms with Gasteiger partial charge in [0.05, 0.1) is 9.72 Å². The fraction of sp³-hybridized carbons (Fsp3) is 0.125. The van der Waals surface area contributed by atoms with Crippen molar-refractivity contribution in [3.8, 4) is 0 Å². The highest BCUT2D eigenvalue weighted by Gasteiger charge is 2.06. The lowest BCUT2D eigenvalue weighted by atomic mass is 10.2. The number of hydrogen-bond donors (Lipinski definition) is 1. The van der Waals surface area contributed by atoms with E-state index >= 15 is 0 Å². The Balaban J connectivity index is 2.93. The molecule has 0 unspecified atom stereocenters. The number of aromatic nitrogens is 1. The smallest absolute Gasteiger partial charge is 0.181 e. The monoisotopic (exact) mass is 198 g/mol.